The van der Waals surface area contributed by atoms with Crippen molar-refractivity contribution in [1.82, 2.24) is 19.9 Å². The molecule has 7 heteroatoms. The molecule has 2 aromatic carbocycles. The molecular formula is C23H23N5O2. The maximum absolute atomic E-state index is 12.9. The lowest BCUT2D eigenvalue weighted by molar-refractivity contribution is 0.102. The highest BCUT2D eigenvalue weighted by Gasteiger charge is 2.22. The summed E-state index contributed by atoms with van der Waals surface area (Å²) in [5.41, 5.74) is 4.27. The summed E-state index contributed by atoms with van der Waals surface area (Å²) in [6, 6.07) is 14.7. The number of fused-ring (bicyclic) bond motifs is 3. The zero-order chi connectivity index (χ0) is 20.7. The van der Waals surface area contributed by atoms with E-state index in [9.17, 15) is 9.59 Å². The number of carbonyl (C=O) groups excluding carboxylic acids is 1. The van der Waals surface area contributed by atoms with E-state index in [0.717, 1.165) is 48.1 Å². The molecule has 30 heavy (non-hydrogen) atoms. The number of nitrogens with zero attached hydrogens (tertiary/aromatic N) is 2. The molecule has 1 aliphatic rings. The van der Waals surface area contributed by atoms with Gasteiger partial charge < -0.3 is 15.6 Å². The zero-order valence-electron chi connectivity index (χ0n) is 16.7. The van der Waals surface area contributed by atoms with Gasteiger partial charge >= 0.3 is 0 Å². The summed E-state index contributed by atoms with van der Waals surface area (Å²) in [5, 5.41) is 11.9. The van der Waals surface area contributed by atoms with Crippen LogP contribution in [0.25, 0.3) is 16.6 Å². The van der Waals surface area contributed by atoms with E-state index >= 15 is 0 Å². The van der Waals surface area contributed by atoms with Gasteiger partial charge in [0.05, 0.1) is 22.3 Å². The molecule has 0 unspecified atom stereocenters. The summed E-state index contributed by atoms with van der Waals surface area (Å²) in [4.78, 5) is 28.3. The number of aromatic nitrogens is 3. The van der Waals surface area contributed by atoms with E-state index in [2.05, 4.69) is 15.6 Å². The van der Waals surface area contributed by atoms with Crippen molar-refractivity contribution in [2.24, 2.45) is 0 Å². The van der Waals surface area contributed by atoms with Crippen LogP contribution in [0.4, 0.5) is 5.69 Å². The van der Waals surface area contributed by atoms with Crippen molar-refractivity contribution >= 4 is 28.1 Å². The van der Waals surface area contributed by atoms with Gasteiger partial charge in [0.1, 0.15) is 5.65 Å². The van der Waals surface area contributed by atoms with E-state index in [1.165, 1.54) is 0 Å². The number of anilines is 1. The third-order valence-corrected chi connectivity index (χ3v) is 5.86. The molecule has 3 heterocycles. The highest BCUT2D eigenvalue weighted by atomic mass is 16.1. The van der Waals surface area contributed by atoms with Gasteiger partial charge in [-0.25, -0.2) is 4.52 Å². The summed E-state index contributed by atoms with van der Waals surface area (Å²) in [6.45, 7) is 3.77. The Morgan fingerprint density at radius 3 is 2.73 bits per heavy atom. The Kier molecular flexibility index (Phi) is 4.59. The third-order valence-electron chi connectivity index (χ3n) is 5.86. The fourth-order valence-corrected chi connectivity index (χ4v) is 4.32. The fraction of sp³-hybridized carbons (Fsp3) is 0.261. The molecular weight excluding hydrogens is 378 g/mol. The minimum atomic E-state index is -0.184. The second-order valence-corrected chi connectivity index (χ2v) is 7.81. The molecule has 7 nitrogen and oxygen atoms in total. The van der Waals surface area contributed by atoms with Crippen molar-refractivity contribution in [3.8, 4) is 0 Å². The Hall–Kier alpha value is -3.45. The first kappa shape index (κ1) is 18.6. The molecule has 3 N–H and O–H groups in total. The van der Waals surface area contributed by atoms with Crippen LogP contribution in [-0.4, -0.2) is 33.6 Å². The van der Waals surface area contributed by atoms with Gasteiger partial charge in [-0.3, -0.25) is 9.59 Å². The largest absolute Gasteiger partial charge is 0.321 e. The average molecular weight is 401 g/mol. The van der Waals surface area contributed by atoms with E-state index in [-0.39, 0.29) is 17.4 Å². The molecule has 1 fully saturated rings. The molecule has 0 bridgehead atoms. The quantitative estimate of drug-likeness (QED) is 0.492. The number of amides is 1. The Morgan fingerprint density at radius 2 is 1.93 bits per heavy atom. The van der Waals surface area contributed by atoms with Crippen molar-refractivity contribution in [2.45, 2.75) is 25.7 Å². The summed E-state index contributed by atoms with van der Waals surface area (Å²) in [5.74, 6) is 0.0900. The van der Waals surface area contributed by atoms with Crippen LogP contribution < -0.4 is 16.2 Å². The molecule has 1 saturated heterocycles. The van der Waals surface area contributed by atoms with Crippen LogP contribution >= 0.6 is 0 Å². The molecule has 0 radical (unpaired) electrons. The van der Waals surface area contributed by atoms with Gasteiger partial charge in [0.15, 0.2) is 0 Å². The highest BCUT2D eigenvalue weighted by molar-refractivity contribution is 6.12. The number of aromatic amines is 1. The normalized spacial score (nSPS) is 15.0. The molecule has 4 aromatic rings. The fourth-order valence-electron chi connectivity index (χ4n) is 4.32. The second-order valence-electron chi connectivity index (χ2n) is 7.81. The van der Waals surface area contributed by atoms with Crippen LogP contribution in [0.3, 0.4) is 0 Å². The Morgan fingerprint density at radius 1 is 1.13 bits per heavy atom. The predicted molar refractivity (Wildman–Crippen MR) is 117 cm³/mol. The van der Waals surface area contributed by atoms with Crippen LogP contribution in [-0.2, 0) is 0 Å². The van der Waals surface area contributed by atoms with E-state index in [4.69, 9.17) is 5.10 Å². The number of aryl methyl sites for hydroxylation is 1. The smallest absolute Gasteiger partial charge is 0.255 e. The van der Waals surface area contributed by atoms with Crippen LogP contribution in [0.15, 0.2) is 53.3 Å². The summed E-state index contributed by atoms with van der Waals surface area (Å²) < 4.78 is 1.84. The molecule has 152 valence electrons. The van der Waals surface area contributed by atoms with E-state index < -0.39 is 0 Å². The average Bonchev–Trinajstić information content (AvgIpc) is 3.13. The maximum Gasteiger partial charge on any atom is 0.255 e. The van der Waals surface area contributed by atoms with Crippen molar-refractivity contribution in [1.29, 1.82) is 0 Å². The predicted octanol–water partition coefficient (Wildman–Crippen LogP) is 3.20. The first-order valence-corrected chi connectivity index (χ1v) is 10.2. The number of piperidine rings is 1. The minimum absolute atomic E-state index is 0.155. The summed E-state index contributed by atoms with van der Waals surface area (Å²) in [6.07, 6.45) is 1.93. The first-order valence-electron chi connectivity index (χ1n) is 10.2. The minimum Gasteiger partial charge on any atom is -0.321 e. The zero-order valence-corrected chi connectivity index (χ0v) is 16.7. The summed E-state index contributed by atoms with van der Waals surface area (Å²) >= 11 is 0. The van der Waals surface area contributed by atoms with Crippen molar-refractivity contribution in [2.75, 3.05) is 18.4 Å². The molecule has 0 saturated carbocycles. The van der Waals surface area contributed by atoms with Crippen LogP contribution in [0.5, 0.6) is 0 Å². The molecule has 1 amide bonds. The monoisotopic (exact) mass is 401 g/mol. The second kappa shape index (κ2) is 7.42. The van der Waals surface area contributed by atoms with Crippen LogP contribution in [0, 0.1) is 6.92 Å². The van der Waals surface area contributed by atoms with Gasteiger partial charge in [0.2, 0.25) is 0 Å². The van der Waals surface area contributed by atoms with Crippen molar-refractivity contribution in [3.05, 3.63) is 75.7 Å². The number of rotatable bonds is 3. The maximum atomic E-state index is 12.9. The molecule has 5 rings (SSSR count). The lowest BCUT2D eigenvalue weighted by atomic mass is 9.94. The van der Waals surface area contributed by atoms with Gasteiger partial charge in [0, 0.05) is 17.5 Å². The molecule has 1 aliphatic heterocycles. The number of carbonyl (C=O) groups is 1. The molecule has 2 aromatic heterocycles. The van der Waals surface area contributed by atoms with Gasteiger partial charge in [-0.15, -0.1) is 0 Å². The first-order chi connectivity index (χ1) is 14.6. The number of hydrogen-bond donors (Lipinski definition) is 3. The van der Waals surface area contributed by atoms with E-state index in [1.54, 1.807) is 12.1 Å². The lowest BCUT2D eigenvalue weighted by Gasteiger charge is -2.23. The number of H-pyrrole nitrogens is 1. The number of hydrogen-bond acceptors (Lipinski definition) is 4. The number of benzene rings is 2. The van der Waals surface area contributed by atoms with Gasteiger partial charge in [0.25, 0.3) is 11.5 Å². The van der Waals surface area contributed by atoms with Crippen molar-refractivity contribution in [3.63, 3.8) is 0 Å². The van der Waals surface area contributed by atoms with Gasteiger partial charge in [-0.2, -0.15) is 5.10 Å². The van der Waals surface area contributed by atoms with E-state index in [1.807, 2.05) is 47.8 Å². The van der Waals surface area contributed by atoms with Gasteiger partial charge in [-0.1, -0.05) is 24.3 Å². The van der Waals surface area contributed by atoms with Crippen molar-refractivity contribution < 1.29 is 4.79 Å². The molecule has 0 aliphatic carbocycles. The summed E-state index contributed by atoms with van der Waals surface area (Å²) in [7, 11) is 0. The topological polar surface area (TPSA) is 91.3 Å². The highest BCUT2D eigenvalue weighted by Crippen LogP contribution is 2.30. The Labute approximate surface area is 173 Å². The van der Waals surface area contributed by atoms with Crippen LogP contribution in [0.1, 0.15) is 40.4 Å². The lowest BCUT2D eigenvalue weighted by Crippen LogP contribution is -2.28. The van der Waals surface area contributed by atoms with Crippen LogP contribution in [0.2, 0.25) is 0 Å². The Bertz CT molecular complexity index is 1310. The van der Waals surface area contributed by atoms with E-state index in [0.29, 0.717) is 16.9 Å². The standard InChI is InChI=1S/C23H23N5O2/c1-14-5-2-3-6-16(14)23(30)25-17-7-4-8-18-21(17)22-26-20(29)13-19(28(22)27-18)15-9-11-24-12-10-15/h2-8,13,15,24H,9-12H2,1H3,(H,25,30)(H,26,29). The van der Waals surface area contributed by atoms with Gasteiger partial charge in [-0.05, 0) is 56.6 Å². The molecule has 0 atom stereocenters. The third kappa shape index (κ3) is 3.17. The number of nitrogens with one attached hydrogen (secondary N) is 3. The Balaban J connectivity index is 1.65. The SMILES string of the molecule is Cc1ccccc1C(=O)Nc1cccc2nn3c(C4CCNCC4)cc(=O)[nH]c3c12. The molecule has 0 spiro atoms.